The number of carbonyl (C=O) groups is 2. The van der Waals surface area contributed by atoms with Crippen molar-refractivity contribution >= 4 is 23.2 Å². The summed E-state index contributed by atoms with van der Waals surface area (Å²) in [6, 6.07) is 0. The van der Waals surface area contributed by atoms with Gasteiger partial charge < -0.3 is 19.7 Å². The van der Waals surface area contributed by atoms with Crippen molar-refractivity contribution in [2.24, 2.45) is 11.3 Å². The highest BCUT2D eigenvalue weighted by atomic mass is 32.1. The van der Waals surface area contributed by atoms with Crippen molar-refractivity contribution in [2.45, 2.75) is 25.7 Å². The monoisotopic (exact) mass is 378 g/mol. The number of aryl methyl sites for hydroxylation is 1. The summed E-state index contributed by atoms with van der Waals surface area (Å²) in [5, 5.41) is 4.97. The highest BCUT2D eigenvalue weighted by molar-refractivity contribution is 7.10. The minimum atomic E-state index is -0.612. The predicted octanol–water partition coefficient (Wildman–Crippen LogP) is 1.48. The molecule has 0 aromatic carbocycles. The third-order valence-corrected chi connectivity index (χ3v) is 7.09. The van der Waals surface area contributed by atoms with Crippen LogP contribution < -0.4 is 5.32 Å². The number of methoxy groups -OCH3 is 1. The maximum atomic E-state index is 13.2. The van der Waals surface area contributed by atoms with Gasteiger partial charge in [-0.25, -0.2) is 0 Å². The number of likely N-dealkylation sites (tertiary alicyclic amines) is 1. The van der Waals surface area contributed by atoms with Crippen LogP contribution >= 0.6 is 11.3 Å². The fourth-order valence-corrected chi connectivity index (χ4v) is 5.62. The van der Waals surface area contributed by atoms with Crippen LogP contribution in [-0.2, 0) is 27.1 Å². The van der Waals surface area contributed by atoms with Gasteiger partial charge in [0.25, 0.3) is 5.91 Å². The van der Waals surface area contributed by atoms with E-state index in [9.17, 15) is 9.59 Å². The molecule has 7 heteroatoms. The number of amides is 2. The number of rotatable bonds is 5. The predicted molar refractivity (Wildman–Crippen MR) is 98.5 cm³/mol. The molecule has 2 aliphatic heterocycles. The van der Waals surface area contributed by atoms with Crippen molar-refractivity contribution < 1.29 is 19.1 Å². The first kappa shape index (κ1) is 17.9. The van der Waals surface area contributed by atoms with Crippen LogP contribution in [0.3, 0.4) is 0 Å². The molecule has 4 rings (SSSR count). The number of nitrogens with zero attached hydrogens (tertiary/aromatic N) is 1. The molecule has 1 aromatic rings. The summed E-state index contributed by atoms with van der Waals surface area (Å²) < 4.78 is 10.6. The van der Waals surface area contributed by atoms with E-state index in [4.69, 9.17) is 9.47 Å². The van der Waals surface area contributed by atoms with Crippen LogP contribution in [0.2, 0.25) is 0 Å². The summed E-state index contributed by atoms with van der Waals surface area (Å²) in [5.41, 5.74) is 1.50. The van der Waals surface area contributed by atoms with Crippen molar-refractivity contribution in [1.29, 1.82) is 0 Å². The fraction of sp³-hybridized carbons (Fsp3) is 0.684. The van der Waals surface area contributed by atoms with E-state index in [2.05, 4.69) is 5.32 Å². The molecule has 6 nitrogen and oxygen atoms in total. The molecule has 142 valence electrons. The SMILES string of the molecule is COCCNC(=O)[C@@]12COC[C@@H]1CN(C(=O)c1csc3c1CCCC3)C2. The Hall–Kier alpha value is -1.44. The lowest BCUT2D eigenvalue weighted by Crippen LogP contribution is -2.47. The summed E-state index contributed by atoms with van der Waals surface area (Å²) >= 11 is 1.71. The zero-order valence-electron chi connectivity index (χ0n) is 15.2. The van der Waals surface area contributed by atoms with Gasteiger partial charge in [-0.3, -0.25) is 9.59 Å². The molecule has 1 aromatic heterocycles. The lowest BCUT2D eigenvalue weighted by molar-refractivity contribution is -0.131. The first-order chi connectivity index (χ1) is 12.7. The van der Waals surface area contributed by atoms with E-state index in [0.29, 0.717) is 39.5 Å². The number of carbonyl (C=O) groups excluding carboxylic acids is 2. The molecule has 0 bridgehead atoms. The molecule has 1 N–H and O–H groups in total. The third kappa shape index (κ3) is 2.96. The second-order valence-electron chi connectivity index (χ2n) is 7.56. The van der Waals surface area contributed by atoms with Crippen LogP contribution in [0.25, 0.3) is 0 Å². The van der Waals surface area contributed by atoms with Gasteiger partial charge in [-0.1, -0.05) is 0 Å². The molecular formula is C19H26N2O4S. The Morgan fingerprint density at radius 1 is 1.42 bits per heavy atom. The fourth-order valence-electron chi connectivity index (χ4n) is 4.50. The Morgan fingerprint density at radius 3 is 3.12 bits per heavy atom. The molecule has 0 saturated carbocycles. The van der Waals surface area contributed by atoms with E-state index >= 15 is 0 Å². The maximum absolute atomic E-state index is 13.2. The van der Waals surface area contributed by atoms with Gasteiger partial charge in [0.2, 0.25) is 5.91 Å². The van der Waals surface area contributed by atoms with Crippen LogP contribution in [0.15, 0.2) is 5.38 Å². The van der Waals surface area contributed by atoms with Crippen LogP contribution in [0.4, 0.5) is 0 Å². The van der Waals surface area contributed by atoms with E-state index in [1.54, 1.807) is 18.4 Å². The zero-order valence-corrected chi connectivity index (χ0v) is 16.0. The van der Waals surface area contributed by atoms with Gasteiger partial charge in [0.15, 0.2) is 0 Å². The van der Waals surface area contributed by atoms with E-state index in [0.717, 1.165) is 24.8 Å². The van der Waals surface area contributed by atoms with Gasteiger partial charge in [-0.2, -0.15) is 0 Å². The number of hydrogen-bond donors (Lipinski definition) is 1. The Labute approximate surface area is 157 Å². The first-order valence-electron chi connectivity index (χ1n) is 9.39. The van der Waals surface area contributed by atoms with Gasteiger partial charge in [0.05, 0.1) is 30.8 Å². The Balaban J connectivity index is 1.50. The number of fused-ring (bicyclic) bond motifs is 2. The number of hydrogen-bond acceptors (Lipinski definition) is 5. The number of thiophene rings is 1. The molecule has 2 fully saturated rings. The zero-order chi connectivity index (χ0) is 18.1. The minimum absolute atomic E-state index is 0.0142. The summed E-state index contributed by atoms with van der Waals surface area (Å²) in [7, 11) is 1.61. The lowest BCUT2D eigenvalue weighted by Gasteiger charge is -2.26. The van der Waals surface area contributed by atoms with Gasteiger partial charge >= 0.3 is 0 Å². The van der Waals surface area contributed by atoms with E-state index < -0.39 is 5.41 Å². The standard InChI is InChI=1S/C19H26N2O4S/c1-24-7-6-20-18(23)19-11-21(8-13(19)9-25-12-19)17(22)15-10-26-16-5-3-2-4-14(15)16/h10,13H,2-9,11-12H2,1H3,(H,20,23)/t13-,19-/m0/s1. The van der Waals surface area contributed by atoms with E-state index in [1.165, 1.54) is 16.9 Å². The van der Waals surface area contributed by atoms with Gasteiger partial charge in [0.1, 0.15) is 0 Å². The molecule has 2 atom stereocenters. The molecule has 26 heavy (non-hydrogen) atoms. The smallest absolute Gasteiger partial charge is 0.255 e. The largest absolute Gasteiger partial charge is 0.383 e. The molecule has 0 radical (unpaired) electrons. The maximum Gasteiger partial charge on any atom is 0.255 e. The molecular weight excluding hydrogens is 352 g/mol. The molecule has 0 spiro atoms. The van der Waals surface area contributed by atoms with E-state index in [1.807, 2.05) is 10.3 Å². The highest BCUT2D eigenvalue weighted by Gasteiger charge is 2.56. The van der Waals surface area contributed by atoms with Crippen LogP contribution in [0, 0.1) is 11.3 Å². The van der Waals surface area contributed by atoms with Crippen molar-refractivity contribution in [3.8, 4) is 0 Å². The summed E-state index contributed by atoms with van der Waals surface area (Å²) in [5.74, 6) is 0.144. The normalized spacial score (nSPS) is 27.3. The van der Waals surface area contributed by atoms with Gasteiger partial charge in [-0.05, 0) is 31.2 Å². The summed E-state index contributed by atoms with van der Waals surface area (Å²) in [6.45, 7) is 2.94. The second-order valence-corrected chi connectivity index (χ2v) is 8.52. The Bertz CT molecular complexity index is 704. The van der Waals surface area contributed by atoms with Crippen LogP contribution in [0.5, 0.6) is 0 Å². The van der Waals surface area contributed by atoms with E-state index in [-0.39, 0.29) is 17.7 Å². The van der Waals surface area contributed by atoms with Gasteiger partial charge in [0, 0.05) is 42.9 Å². The summed E-state index contributed by atoms with van der Waals surface area (Å²) in [6.07, 6.45) is 4.47. The number of ether oxygens (including phenoxy) is 2. The second kappa shape index (κ2) is 7.29. The average molecular weight is 378 g/mol. The molecule has 2 amide bonds. The Morgan fingerprint density at radius 2 is 2.27 bits per heavy atom. The number of nitrogens with one attached hydrogen (secondary N) is 1. The Kier molecular flexibility index (Phi) is 5.03. The third-order valence-electron chi connectivity index (χ3n) is 6.00. The quantitative estimate of drug-likeness (QED) is 0.788. The highest BCUT2D eigenvalue weighted by Crippen LogP contribution is 2.42. The van der Waals surface area contributed by atoms with Crippen LogP contribution in [0.1, 0.15) is 33.6 Å². The topological polar surface area (TPSA) is 67.9 Å². The lowest BCUT2D eigenvalue weighted by atomic mass is 9.80. The van der Waals surface area contributed by atoms with Crippen molar-refractivity contribution in [2.75, 3.05) is 46.6 Å². The first-order valence-corrected chi connectivity index (χ1v) is 10.3. The molecule has 0 unspecified atom stereocenters. The van der Waals surface area contributed by atoms with Crippen molar-refractivity contribution in [1.82, 2.24) is 10.2 Å². The minimum Gasteiger partial charge on any atom is -0.383 e. The van der Waals surface area contributed by atoms with Crippen molar-refractivity contribution in [3.05, 3.63) is 21.4 Å². The van der Waals surface area contributed by atoms with Crippen molar-refractivity contribution in [3.63, 3.8) is 0 Å². The van der Waals surface area contributed by atoms with Crippen LogP contribution in [-0.4, -0.2) is 63.3 Å². The average Bonchev–Trinajstić information content (AvgIpc) is 3.33. The van der Waals surface area contributed by atoms with Gasteiger partial charge in [-0.15, -0.1) is 11.3 Å². The summed E-state index contributed by atoms with van der Waals surface area (Å²) in [4.78, 5) is 29.2. The molecule has 3 heterocycles. The molecule has 2 saturated heterocycles. The molecule has 3 aliphatic rings. The molecule has 1 aliphatic carbocycles.